The number of hydrogen-bond donors (Lipinski definition) is 1. The molecule has 1 N–H and O–H groups in total. The van der Waals surface area contributed by atoms with E-state index in [-0.39, 0.29) is 24.4 Å². The highest BCUT2D eigenvalue weighted by atomic mass is 35.5. The molecule has 3 rings (SSSR count). The maximum atomic E-state index is 13.3. The van der Waals surface area contributed by atoms with Crippen LogP contribution in [0.1, 0.15) is 17.2 Å². The fourth-order valence-corrected chi connectivity index (χ4v) is 3.27. The van der Waals surface area contributed by atoms with E-state index in [1.54, 1.807) is 30.3 Å². The Bertz CT molecular complexity index is 795. The number of amides is 1. The van der Waals surface area contributed by atoms with E-state index in [1.807, 2.05) is 6.92 Å². The Morgan fingerprint density at radius 2 is 1.96 bits per heavy atom. The SMILES string of the molecule is Cc1cc(OCC(=O)NC[C@H](c2ccc(F)cc2)N2CCOCC2)ccc1Cl. The number of halogens is 2. The second kappa shape index (κ2) is 9.87. The van der Waals surface area contributed by atoms with Crippen LogP contribution in [0.2, 0.25) is 5.02 Å². The molecule has 1 amide bonds. The minimum absolute atomic E-state index is 0.0498. The van der Waals surface area contributed by atoms with Crippen molar-refractivity contribution in [2.45, 2.75) is 13.0 Å². The monoisotopic (exact) mass is 406 g/mol. The summed E-state index contributed by atoms with van der Waals surface area (Å²) in [6, 6.07) is 11.6. The Morgan fingerprint density at radius 3 is 2.64 bits per heavy atom. The van der Waals surface area contributed by atoms with Gasteiger partial charge in [-0.25, -0.2) is 4.39 Å². The minimum Gasteiger partial charge on any atom is -0.484 e. The Hall–Kier alpha value is -2.15. The molecule has 0 bridgehead atoms. The largest absolute Gasteiger partial charge is 0.484 e. The molecule has 0 radical (unpaired) electrons. The number of rotatable bonds is 7. The van der Waals surface area contributed by atoms with Gasteiger partial charge in [-0.15, -0.1) is 0 Å². The zero-order valence-electron chi connectivity index (χ0n) is 15.8. The summed E-state index contributed by atoms with van der Waals surface area (Å²) >= 11 is 6.00. The molecule has 2 aromatic carbocycles. The molecule has 1 saturated heterocycles. The van der Waals surface area contributed by atoms with E-state index in [2.05, 4.69) is 10.2 Å². The van der Waals surface area contributed by atoms with Crippen LogP contribution in [0.25, 0.3) is 0 Å². The summed E-state index contributed by atoms with van der Waals surface area (Å²) in [7, 11) is 0. The first kappa shape index (κ1) is 20.6. The highest BCUT2D eigenvalue weighted by Crippen LogP contribution is 2.22. The fourth-order valence-electron chi connectivity index (χ4n) is 3.15. The van der Waals surface area contributed by atoms with Crippen molar-refractivity contribution in [3.05, 3.63) is 64.4 Å². The molecule has 150 valence electrons. The van der Waals surface area contributed by atoms with Gasteiger partial charge in [0.2, 0.25) is 0 Å². The van der Waals surface area contributed by atoms with E-state index in [4.69, 9.17) is 21.1 Å². The second-order valence-corrected chi connectivity index (χ2v) is 7.13. The second-order valence-electron chi connectivity index (χ2n) is 6.72. The highest BCUT2D eigenvalue weighted by molar-refractivity contribution is 6.31. The average Bonchev–Trinajstić information content (AvgIpc) is 2.71. The minimum atomic E-state index is -0.278. The molecule has 0 aromatic heterocycles. The van der Waals surface area contributed by atoms with Gasteiger partial charge in [0, 0.05) is 24.7 Å². The summed E-state index contributed by atoms with van der Waals surface area (Å²) < 4.78 is 24.3. The van der Waals surface area contributed by atoms with Gasteiger partial charge in [0.15, 0.2) is 6.61 Å². The topological polar surface area (TPSA) is 50.8 Å². The standard InChI is InChI=1S/C21H24ClFN2O3/c1-15-12-18(6-7-19(15)22)28-14-21(26)24-13-20(25-8-10-27-11-9-25)16-2-4-17(23)5-3-16/h2-7,12,20H,8-11,13-14H2,1H3,(H,24,26)/t20-/m1/s1. The highest BCUT2D eigenvalue weighted by Gasteiger charge is 2.23. The summed E-state index contributed by atoms with van der Waals surface area (Å²) in [5, 5.41) is 3.58. The number of carbonyl (C=O) groups excluding carboxylic acids is 1. The molecule has 1 fully saturated rings. The van der Waals surface area contributed by atoms with Crippen LogP contribution in [0.4, 0.5) is 4.39 Å². The van der Waals surface area contributed by atoms with Crippen LogP contribution in [-0.4, -0.2) is 50.3 Å². The van der Waals surface area contributed by atoms with Gasteiger partial charge < -0.3 is 14.8 Å². The van der Waals surface area contributed by atoms with Gasteiger partial charge in [0.25, 0.3) is 5.91 Å². The van der Waals surface area contributed by atoms with Crippen LogP contribution < -0.4 is 10.1 Å². The quantitative estimate of drug-likeness (QED) is 0.766. The zero-order valence-corrected chi connectivity index (χ0v) is 16.5. The van der Waals surface area contributed by atoms with Crippen LogP contribution in [0.15, 0.2) is 42.5 Å². The van der Waals surface area contributed by atoms with E-state index in [9.17, 15) is 9.18 Å². The molecule has 0 unspecified atom stereocenters. The lowest BCUT2D eigenvalue weighted by atomic mass is 10.0. The molecule has 28 heavy (non-hydrogen) atoms. The predicted molar refractivity (Wildman–Crippen MR) is 106 cm³/mol. The number of benzene rings is 2. The van der Waals surface area contributed by atoms with E-state index >= 15 is 0 Å². The lowest BCUT2D eigenvalue weighted by Gasteiger charge is -2.35. The van der Waals surface area contributed by atoms with Gasteiger partial charge >= 0.3 is 0 Å². The molecular formula is C21H24ClFN2O3. The van der Waals surface area contributed by atoms with Gasteiger partial charge in [-0.05, 0) is 48.4 Å². The number of carbonyl (C=O) groups is 1. The molecule has 0 aliphatic carbocycles. The first-order valence-corrected chi connectivity index (χ1v) is 9.63. The van der Waals surface area contributed by atoms with Crippen LogP contribution in [0, 0.1) is 12.7 Å². The number of ether oxygens (including phenoxy) is 2. The van der Waals surface area contributed by atoms with Crippen molar-refractivity contribution in [1.82, 2.24) is 10.2 Å². The molecule has 1 aliphatic rings. The third-order valence-corrected chi connectivity index (χ3v) is 5.16. The van der Waals surface area contributed by atoms with Crippen LogP contribution in [0.5, 0.6) is 5.75 Å². The maximum Gasteiger partial charge on any atom is 0.258 e. The first-order chi connectivity index (χ1) is 13.5. The normalized spacial score (nSPS) is 15.8. The molecule has 0 saturated carbocycles. The number of hydrogen-bond acceptors (Lipinski definition) is 4. The van der Waals surface area contributed by atoms with Crippen molar-refractivity contribution in [3.8, 4) is 5.75 Å². The van der Waals surface area contributed by atoms with Crippen LogP contribution in [0.3, 0.4) is 0 Å². The lowest BCUT2D eigenvalue weighted by Crippen LogP contribution is -2.44. The van der Waals surface area contributed by atoms with Crippen molar-refractivity contribution < 1.29 is 18.7 Å². The van der Waals surface area contributed by atoms with Gasteiger partial charge in [-0.1, -0.05) is 23.7 Å². The molecule has 1 atom stereocenters. The Labute approximate surface area is 169 Å². The Balaban J connectivity index is 1.58. The van der Waals surface area contributed by atoms with Gasteiger partial charge in [0.1, 0.15) is 11.6 Å². The average molecular weight is 407 g/mol. The van der Waals surface area contributed by atoms with E-state index < -0.39 is 0 Å². The number of aryl methyl sites for hydroxylation is 1. The predicted octanol–water partition coefficient (Wildman–Crippen LogP) is 3.36. The van der Waals surface area contributed by atoms with Gasteiger partial charge in [-0.3, -0.25) is 9.69 Å². The zero-order chi connectivity index (χ0) is 19.9. The van der Waals surface area contributed by atoms with Gasteiger partial charge in [-0.2, -0.15) is 0 Å². The Kier molecular flexibility index (Phi) is 7.25. The van der Waals surface area contributed by atoms with Crippen LogP contribution in [-0.2, 0) is 9.53 Å². The summed E-state index contributed by atoms with van der Waals surface area (Å²) in [6.45, 7) is 5.02. The number of morpholine rings is 1. The summed E-state index contributed by atoms with van der Waals surface area (Å²) in [5.41, 5.74) is 1.85. The van der Waals surface area contributed by atoms with Crippen molar-refractivity contribution in [3.63, 3.8) is 0 Å². The molecule has 1 aliphatic heterocycles. The van der Waals surface area contributed by atoms with Crippen molar-refractivity contribution in [2.24, 2.45) is 0 Å². The molecule has 1 heterocycles. The summed E-state index contributed by atoms with van der Waals surface area (Å²) in [6.07, 6.45) is 0. The summed E-state index contributed by atoms with van der Waals surface area (Å²) in [5.74, 6) is 0.105. The van der Waals surface area contributed by atoms with E-state index in [0.717, 1.165) is 24.2 Å². The summed E-state index contributed by atoms with van der Waals surface area (Å²) in [4.78, 5) is 14.5. The van der Waals surface area contributed by atoms with Crippen LogP contribution >= 0.6 is 11.6 Å². The number of nitrogens with one attached hydrogen (secondary N) is 1. The van der Waals surface area contributed by atoms with Crippen molar-refractivity contribution in [1.29, 1.82) is 0 Å². The third kappa shape index (κ3) is 5.67. The molecule has 2 aromatic rings. The third-order valence-electron chi connectivity index (χ3n) is 4.73. The smallest absolute Gasteiger partial charge is 0.258 e. The molecule has 7 heteroatoms. The lowest BCUT2D eigenvalue weighted by molar-refractivity contribution is -0.123. The number of nitrogens with zero attached hydrogens (tertiary/aromatic N) is 1. The maximum absolute atomic E-state index is 13.3. The fraction of sp³-hybridized carbons (Fsp3) is 0.381. The molecular weight excluding hydrogens is 383 g/mol. The van der Waals surface area contributed by atoms with Gasteiger partial charge in [0.05, 0.1) is 19.3 Å². The Morgan fingerprint density at radius 1 is 1.25 bits per heavy atom. The van der Waals surface area contributed by atoms with Crippen molar-refractivity contribution >= 4 is 17.5 Å². The molecule has 5 nitrogen and oxygen atoms in total. The van der Waals surface area contributed by atoms with E-state index in [0.29, 0.717) is 30.5 Å². The van der Waals surface area contributed by atoms with E-state index in [1.165, 1.54) is 12.1 Å². The molecule has 0 spiro atoms. The van der Waals surface area contributed by atoms with Crippen molar-refractivity contribution in [2.75, 3.05) is 39.5 Å². The first-order valence-electron chi connectivity index (χ1n) is 9.26.